The van der Waals surface area contributed by atoms with Gasteiger partial charge in [0, 0.05) is 5.56 Å². The Morgan fingerprint density at radius 2 is 1.72 bits per heavy atom. The molecule has 1 aromatic heterocycles. The number of sulfone groups is 1. The van der Waals surface area contributed by atoms with Crippen molar-refractivity contribution in [1.82, 2.24) is 20.6 Å². The largest absolute Gasteiger partial charge is 0.223 e. The van der Waals surface area contributed by atoms with E-state index >= 15 is 0 Å². The lowest BCUT2D eigenvalue weighted by molar-refractivity contribution is 0.595. The van der Waals surface area contributed by atoms with E-state index in [0.717, 1.165) is 16.3 Å². The van der Waals surface area contributed by atoms with E-state index in [0.29, 0.717) is 16.3 Å². The first-order chi connectivity index (χ1) is 12.1. The molecule has 0 unspecified atom stereocenters. The zero-order chi connectivity index (χ0) is 17.3. The molecule has 0 saturated heterocycles. The van der Waals surface area contributed by atoms with Crippen molar-refractivity contribution in [1.29, 1.82) is 0 Å². The van der Waals surface area contributed by atoms with E-state index < -0.39 is 9.84 Å². The lowest BCUT2D eigenvalue weighted by Gasteiger charge is -2.07. The van der Waals surface area contributed by atoms with Crippen LogP contribution in [-0.2, 0) is 15.6 Å². The number of nitrogens with one attached hydrogen (secondary N) is 1. The van der Waals surface area contributed by atoms with E-state index in [1.165, 1.54) is 0 Å². The second kappa shape index (κ2) is 6.10. The summed E-state index contributed by atoms with van der Waals surface area (Å²) < 4.78 is 25.6. The van der Waals surface area contributed by atoms with Gasteiger partial charge < -0.3 is 0 Å². The van der Waals surface area contributed by atoms with Crippen LogP contribution in [0.2, 0.25) is 0 Å². The Hall–Kier alpha value is -3.06. The molecule has 1 heterocycles. The summed E-state index contributed by atoms with van der Waals surface area (Å²) in [4.78, 5) is 0.316. The Morgan fingerprint density at radius 3 is 2.52 bits per heavy atom. The second-order valence-electron chi connectivity index (χ2n) is 5.70. The van der Waals surface area contributed by atoms with Crippen LogP contribution in [0, 0.1) is 0 Å². The van der Waals surface area contributed by atoms with Gasteiger partial charge in [0.25, 0.3) is 0 Å². The molecule has 0 atom stereocenters. The van der Waals surface area contributed by atoms with E-state index in [1.807, 2.05) is 36.4 Å². The molecule has 0 aliphatic carbocycles. The van der Waals surface area contributed by atoms with Crippen LogP contribution in [0.3, 0.4) is 0 Å². The fraction of sp³-hybridized carbons (Fsp3) is 0.0556. The van der Waals surface area contributed by atoms with Gasteiger partial charge in [-0.15, -0.1) is 10.2 Å². The molecule has 3 aromatic carbocycles. The Kier molecular flexibility index (Phi) is 3.77. The number of nitrogens with zero attached hydrogens (tertiary/aromatic N) is 3. The van der Waals surface area contributed by atoms with Gasteiger partial charge in [0.05, 0.1) is 10.6 Å². The number of hydrogen-bond donors (Lipinski definition) is 1. The highest BCUT2D eigenvalue weighted by Gasteiger charge is 2.16. The number of aromatic amines is 1. The highest BCUT2D eigenvalue weighted by atomic mass is 32.2. The van der Waals surface area contributed by atoms with Crippen LogP contribution in [0.1, 0.15) is 5.56 Å². The average Bonchev–Trinajstić information content (AvgIpc) is 3.16. The predicted molar refractivity (Wildman–Crippen MR) is 94.5 cm³/mol. The normalized spacial score (nSPS) is 11.7. The number of H-pyrrole nitrogens is 1. The number of aromatic nitrogens is 4. The maximum Gasteiger partial charge on any atom is 0.204 e. The average molecular weight is 350 g/mol. The van der Waals surface area contributed by atoms with Crippen LogP contribution in [0.5, 0.6) is 0 Å². The third kappa shape index (κ3) is 3.14. The van der Waals surface area contributed by atoms with Gasteiger partial charge in [0.2, 0.25) is 5.82 Å². The molecular formula is C18H14N4O2S. The summed E-state index contributed by atoms with van der Waals surface area (Å²) in [7, 11) is -3.45. The molecular weight excluding hydrogens is 336 g/mol. The summed E-state index contributed by atoms with van der Waals surface area (Å²) in [5, 5.41) is 15.7. The van der Waals surface area contributed by atoms with Gasteiger partial charge >= 0.3 is 0 Å². The monoisotopic (exact) mass is 350 g/mol. The molecule has 124 valence electrons. The number of tetrazole rings is 1. The molecule has 0 fully saturated rings. The quantitative estimate of drug-likeness (QED) is 0.611. The van der Waals surface area contributed by atoms with Crippen molar-refractivity contribution in [2.24, 2.45) is 0 Å². The van der Waals surface area contributed by atoms with Crippen LogP contribution >= 0.6 is 0 Å². The third-order valence-electron chi connectivity index (χ3n) is 3.97. The van der Waals surface area contributed by atoms with Crippen molar-refractivity contribution in [3.05, 3.63) is 72.3 Å². The van der Waals surface area contributed by atoms with Crippen LogP contribution < -0.4 is 0 Å². The van der Waals surface area contributed by atoms with Crippen molar-refractivity contribution in [2.75, 3.05) is 0 Å². The predicted octanol–water partition coefficient (Wildman–Crippen LogP) is 2.99. The first kappa shape index (κ1) is 15.5. The fourth-order valence-electron chi connectivity index (χ4n) is 2.75. The minimum Gasteiger partial charge on any atom is -0.223 e. The van der Waals surface area contributed by atoms with Gasteiger partial charge in [0.1, 0.15) is 0 Å². The van der Waals surface area contributed by atoms with E-state index in [4.69, 9.17) is 0 Å². The molecule has 0 bridgehead atoms. The van der Waals surface area contributed by atoms with Crippen molar-refractivity contribution >= 4 is 20.6 Å². The second-order valence-corrected chi connectivity index (χ2v) is 7.69. The van der Waals surface area contributed by atoms with Gasteiger partial charge in [-0.1, -0.05) is 48.5 Å². The summed E-state index contributed by atoms with van der Waals surface area (Å²) in [5.74, 6) is 0.349. The molecule has 0 radical (unpaired) electrons. The Labute approximate surface area is 144 Å². The van der Waals surface area contributed by atoms with E-state index in [1.54, 1.807) is 30.3 Å². The molecule has 6 nitrogen and oxygen atoms in total. The lowest BCUT2D eigenvalue weighted by Crippen LogP contribution is -2.05. The Morgan fingerprint density at radius 1 is 0.880 bits per heavy atom. The van der Waals surface area contributed by atoms with Crippen molar-refractivity contribution in [3.8, 4) is 11.4 Å². The highest BCUT2D eigenvalue weighted by molar-refractivity contribution is 7.90. The zero-order valence-electron chi connectivity index (χ0n) is 13.1. The highest BCUT2D eigenvalue weighted by Crippen LogP contribution is 2.23. The fourth-order valence-corrected chi connectivity index (χ4v) is 4.11. The minimum atomic E-state index is -3.45. The van der Waals surface area contributed by atoms with E-state index in [9.17, 15) is 8.42 Å². The summed E-state index contributed by atoms with van der Waals surface area (Å²) >= 11 is 0. The first-order valence-electron chi connectivity index (χ1n) is 7.66. The zero-order valence-corrected chi connectivity index (χ0v) is 13.9. The third-order valence-corrected chi connectivity index (χ3v) is 5.65. The molecule has 0 aliphatic rings. The molecule has 0 aliphatic heterocycles. The molecule has 0 saturated carbocycles. The lowest BCUT2D eigenvalue weighted by atomic mass is 10.1. The van der Waals surface area contributed by atoms with Crippen LogP contribution in [0.25, 0.3) is 22.2 Å². The molecule has 0 amide bonds. The van der Waals surface area contributed by atoms with Gasteiger partial charge in [-0.25, -0.2) is 8.42 Å². The first-order valence-corrected chi connectivity index (χ1v) is 9.31. The molecule has 4 rings (SSSR count). The Bertz CT molecular complexity index is 1140. The maximum atomic E-state index is 12.8. The SMILES string of the molecule is O=S(=O)(Cc1cccc(-c2nn[nH]n2)c1)c1ccc2ccccc2c1. The van der Waals surface area contributed by atoms with E-state index in [2.05, 4.69) is 20.6 Å². The summed E-state index contributed by atoms with van der Waals surface area (Å²) in [6.07, 6.45) is 0. The Balaban J connectivity index is 1.68. The van der Waals surface area contributed by atoms with Gasteiger partial charge in [-0.05, 0) is 39.7 Å². The van der Waals surface area contributed by atoms with Crippen molar-refractivity contribution in [2.45, 2.75) is 10.6 Å². The van der Waals surface area contributed by atoms with Gasteiger partial charge in [-0.2, -0.15) is 5.21 Å². The van der Waals surface area contributed by atoms with Gasteiger partial charge in [0.15, 0.2) is 9.84 Å². The molecule has 7 heteroatoms. The van der Waals surface area contributed by atoms with Crippen LogP contribution in [0.15, 0.2) is 71.6 Å². The van der Waals surface area contributed by atoms with Crippen molar-refractivity contribution in [3.63, 3.8) is 0 Å². The van der Waals surface area contributed by atoms with Gasteiger partial charge in [-0.3, -0.25) is 0 Å². The number of benzene rings is 3. The molecule has 4 aromatic rings. The summed E-state index contributed by atoms with van der Waals surface area (Å²) in [5.41, 5.74) is 1.40. The van der Waals surface area contributed by atoms with Crippen LogP contribution in [0.4, 0.5) is 0 Å². The number of rotatable bonds is 4. The molecule has 0 spiro atoms. The number of hydrogen-bond acceptors (Lipinski definition) is 5. The topological polar surface area (TPSA) is 88.6 Å². The van der Waals surface area contributed by atoms with Crippen molar-refractivity contribution < 1.29 is 8.42 Å². The van der Waals surface area contributed by atoms with Crippen LogP contribution in [-0.4, -0.2) is 29.0 Å². The standard InChI is InChI=1S/C18H14N4O2S/c23-25(24,17-9-8-14-5-1-2-6-15(14)11-17)12-13-4-3-7-16(10-13)18-19-21-22-20-18/h1-11H,12H2,(H,19,20,21,22). The molecule has 1 N–H and O–H groups in total. The maximum absolute atomic E-state index is 12.8. The van der Waals surface area contributed by atoms with E-state index in [-0.39, 0.29) is 5.75 Å². The minimum absolute atomic E-state index is 0.0863. The summed E-state index contributed by atoms with van der Waals surface area (Å²) in [6, 6.07) is 20.0. The molecule has 25 heavy (non-hydrogen) atoms. The summed E-state index contributed by atoms with van der Waals surface area (Å²) in [6.45, 7) is 0. The number of fused-ring (bicyclic) bond motifs is 1. The smallest absolute Gasteiger partial charge is 0.204 e.